The zero-order valence-electron chi connectivity index (χ0n) is 9.83. The number of ether oxygens (including phenoxy) is 1. The lowest BCUT2D eigenvalue weighted by atomic mass is 10.1. The van der Waals surface area contributed by atoms with E-state index in [0.29, 0.717) is 10.6 Å². The maximum atomic E-state index is 11.8. The first-order valence-corrected chi connectivity index (χ1v) is 5.55. The smallest absolute Gasteiger partial charge is 0.304 e. The Bertz CT molecular complexity index is 449. The van der Waals surface area contributed by atoms with Crippen LogP contribution in [-0.4, -0.2) is 35.8 Å². The number of benzene rings is 1. The number of nitrogens with zero attached hydrogens (tertiary/aromatic N) is 1. The molecule has 2 unspecified atom stereocenters. The van der Waals surface area contributed by atoms with Crippen molar-refractivity contribution in [2.24, 2.45) is 0 Å². The Morgan fingerprint density at radius 2 is 2.06 bits per heavy atom. The summed E-state index contributed by atoms with van der Waals surface area (Å²) < 4.78 is 4.81. The van der Waals surface area contributed by atoms with Crippen LogP contribution in [0.15, 0.2) is 30.3 Å². The molecule has 0 bridgehead atoms. The molecule has 0 saturated carbocycles. The predicted octanol–water partition coefficient (Wildman–Crippen LogP) is 0.488. The maximum absolute atomic E-state index is 11.8. The van der Waals surface area contributed by atoms with Crippen molar-refractivity contribution < 1.29 is 14.3 Å². The molecule has 0 aliphatic carbocycles. The summed E-state index contributed by atoms with van der Waals surface area (Å²) in [5.74, 6) is -0.828. The van der Waals surface area contributed by atoms with Crippen molar-refractivity contribution in [3.05, 3.63) is 41.1 Å². The van der Waals surface area contributed by atoms with Crippen molar-refractivity contribution in [2.75, 3.05) is 6.54 Å². The van der Waals surface area contributed by atoms with E-state index in [2.05, 4.69) is 5.32 Å². The summed E-state index contributed by atoms with van der Waals surface area (Å²) in [7, 11) is 0. The molecule has 18 heavy (non-hydrogen) atoms. The highest BCUT2D eigenvalue weighted by Gasteiger charge is 2.36. The third-order valence-electron chi connectivity index (χ3n) is 2.64. The van der Waals surface area contributed by atoms with E-state index in [4.69, 9.17) is 4.74 Å². The number of carbonyl (C=O) groups excluding carboxylic acids is 2. The Balaban J connectivity index is 1.94. The SMILES string of the molecule is CC(=O)OC1C(NC(=O)c2ccccc2)CN1[O-]. The zero-order valence-corrected chi connectivity index (χ0v) is 9.83. The summed E-state index contributed by atoms with van der Waals surface area (Å²) in [5, 5.41) is 14.5. The number of hydrogen-bond acceptors (Lipinski definition) is 5. The highest BCUT2D eigenvalue weighted by Crippen LogP contribution is 2.18. The van der Waals surface area contributed by atoms with Gasteiger partial charge in [-0.2, -0.15) is 0 Å². The zero-order chi connectivity index (χ0) is 13.1. The minimum absolute atomic E-state index is 0.122. The van der Waals surface area contributed by atoms with Crippen LogP contribution in [0, 0.1) is 5.21 Å². The van der Waals surface area contributed by atoms with Crippen LogP contribution >= 0.6 is 0 Å². The fraction of sp³-hybridized carbons (Fsp3) is 0.333. The molecule has 1 aliphatic rings. The maximum Gasteiger partial charge on any atom is 0.304 e. The minimum Gasteiger partial charge on any atom is -0.782 e. The molecule has 1 heterocycles. The van der Waals surface area contributed by atoms with E-state index in [1.165, 1.54) is 6.92 Å². The van der Waals surface area contributed by atoms with Crippen LogP contribution in [0.4, 0.5) is 0 Å². The monoisotopic (exact) mass is 249 g/mol. The predicted molar refractivity (Wildman–Crippen MR) is 63.3 cm³/mol. The highest BCUT2D eigenvalue weighted by molar-refractivity contribution is 5.94. The molecule has 0 aromatic heterocycles. The molecule has 1 aromatic rings. The van der Waals surface area contributed by atoms with Crippen molar-refractivity contribution in [2.45, 2.75) is 19.2 Å². The Kier molecular flexibility index (Phi) is 3.59. The second kappa shape index (κ2) is 5.16. The Hall–Kier alpha value is -1.92. The van der Waals surface area contributed by atoms with Gasteiger partial charge in [0.2, 0.25) is 0 Å². The van der Waals surface area contributed by atoms with E-state index in [0.717, 1.165) is 0 Å². The first kappa shape index (κ1) is 12.5. The fourth-order valence-electron chi connectivity index (χ4n) is 1.72. The Morgan fingerprint density at radius 1 is 1.39 bits per heavy atom. The summed E-state index contributed by atoms with van der Waals surface area (Å²) in [6, 6.07) is 8.19. The fourth-order valence-corrected chi connectivity index (χ4v) is 1.72. The molecule has 6 heteroatoms. The lowest BCUT2D eigenvalue weighted by Gasteiger charge is -2.51. The van der Waals surface area contributed by atoms with Gasteiger partial charge in [-0.1, -0.05) is 18.2 Å². The van der Waals surface area contributed by atoms with Crippen LogP contribution in [0.1, 0.15) is 17.3 Å². The van der Waals surface area contributed by atoms with Gasteiger partial charge in [-0.15, -0.1) is 0 Å². The highest BCUT2D eigenvalue weighted by atomic mass is 16.6. The standard InChI is InChI=1S/C12H13N2O4/c1-8(15)18-12-10(7-14(12)17)13-11(16)9-5-3-2-4-6-9/h2-6,10,12H,7H2,1H3,(H,13,16)/q-1. The molecule has 96 valence electrons. The molecule has 0 radical (unpaired) electrons. The quantitative estimate of drug-likeness (QED) is 0.788. The van der Waals surface area contributed by atoms with Gasteiger partial charge < -0.3 is 20.3 Å². The van der Waals surface area contributed by atoms with Crippen LogP contribution in [0.3, 0.4) is 0 Å². The lowest BCUT2D eigenvalue weighted by molar-refractivity contribution is -0.169. The van der Waals surface area contributed by atoms with Gasteiger partial charge in [0.05, 0.1) is 6.04 Å². The van der Waals surface area contributed by atoms with Gasteiger partial charge >= 0.3 is 5.97 Å². The molecule has 1 amide bonds. The van der Waals surface area contributed by atoms with E-state index in [1.54, 1.807) is 30.3 Å². The van der Waals surface area contributed by atoms with Gasteiger partial charge in [0, 0.05) is 19.0 Å². The van der Waals surface area contributed by atoms with E-state index in [9.17, 15) is 14.8 Å². The van der Waals surface area contributed by atoms with Gasteiger partial charge in [0.25, 0.3) is 5.91 Å². The molecule has 1 aliphatic heterocycles. The van der Waals surface area contributed by atoms with E-state index < -0.39 is 18.2 Å². The van der Waals surface area contributed by atoms with Crippen molar-refractivity contribution in [3.8, 4) is 0 Å². The van der Waals surface area contributed by atoms with Crippen molar-refractivity contribution in [3.63, 3.8) is 0 Å². The van der Waals surface area contributed by atoms with Crippen LogP contribution < -0.4 is 5.32 Å². The van der Waals surface area contributed by atoms with Crippen LogP contribution in [0.25, 0.3) is 0 Å². The molecule has 1 fully saturated rings. The Labute approximate surface area is 104 Å². The second-order valence-corrected chi connectivity index (χ2v) is 4.05. The van der Waals surface area contributed by atoms with Crippen LogP contribution in [0.2, 0.25) is 0 Å². The topological polar surface area (TPSA) is 81.7 Å². The number of amides is 1. The largest absolute Gasteiger partial charge is 0.782 e. The normalized spacial score (nSPS) is 23.0. The van der Waals surface area contributed by atoms with Crippen LogP contribution in [-0.2, 0) is 9.53 Å². The average Bonchev–Trinajstić information content (AvgIpc) is 2.36. The first-order chi connectivity index (χ1) is 8.58. The molecular weight excluding hydrogens is 236 g/mol. The third kappa shape index (κ3) is 2.66. The second-order valence-electron chi connectivity index (χ2n) is 4.05. The number of hydroxylamine groups is 2. The molecule has 1 saturated heterocycles. The van der Waals surface area contributed by atoms with Gasteiger partial charge in [0.15, 0.2) is 6.23 Å². The molecule has 0 spiro atoms. The number of carbonyl (C=O) groups is 2. The molecule has 2 atom stereocenters. The van der Waals surface area contributed by atoms with E-state index in [-0.39, 0.29) is 12.5 Å². The van der Waals surface area contributed by atoms with Gasteiger partial charge in [0.1, 0.15) is 0 Å². The molecule has 6 nitrogen and oxygen atoms in total. The molecule has 1 aromatic carbocycles. The van der Waals surface area contributed by atoms with Crippen molar-refractivity contribution >= 4 is 11.9 Å². The molecule has 1 N–H and O–H groups in total. The molecular formula is C12H13N2O4-. The number of esters is 1. The summed E-state index contributed by atoms with van der Waals surface area (Å²) in [6.07, 6.45) is -0.921. The van der Waals surface area contributed by atoms with Gasteiger partial charge in [-0.05, 0) is 12.1 Å². The van der Waals surface area contributed by atoms with Crippen LogP contribution in [0.5, 0.6) is 0 Å². The lowest BCUT2D eigenvalue weighted by Crippen LogP contribution is -2.65. The Morgan fingerprint density at radius 3 is 2.61 bits per heavy atom. The summed E-state index contributed by atoms with van der Waals surface area (Å²) in [5.41, 5.74) is 0.503. The summed E-state index contributed by atoms with van der Waals surface area (Å²) >= 11 is 0. The van der Waals surface area contributed by atoms with Gasteiger partial charge in [-0.25, -0.2) is 0 Å². The van der Waals surface area contributed by atoms with E-state index in [1.807, 2.05) is 0 Å². The average molecular weight is 249 g/mol. The number of nitrogens with one attached hydrogen (secondary N) is 1. The van der Waals surface area contributed by atoms with E-state index >= 15 is 0 Å². The minimum atomic E-state index is -0.921. The number of rotatable bonds is 3. The van der Waals surface area contributed by atoms with Crippen molar-refractivity contribution in [1.82, 2.24) is 10.4 Å². The third-order valence-corrected chi connectivity index (χ3v) is 2.64. The summed E-state index contributed by atoms with van der Waals surface area (Å²) in [4.78, 5) is 22.6. The number of hydrogen-bond donors (Lipinski definition) is 1. The molecule has 2 rings (SSSR count). The van der Waals surface area contributed by atoms with Crippen molar-refractivity contribution in [1.29, 1.82) is 0 Å². The van der Waals surface area contributed by atoms with Gasteiger partial charge in [-0.3, -0.25) is 9.59 Å². The summed E-state index contributed by atoms with van der Waals surface area (Å²) in [6.45, 7) is 1.35. The first-order valence-electron chi connectivity index (χ1n) is 5.55.